The molecule has 0 saturated carbocycles. The summed E-state index contributed by atoms with van der Waals surface area (Å²) >= 11 is 0. The normalized spacial score (nSPS) is 12.5. The number of amides is 1. The zero-order valence-corrected chi connectivity index (χ0v) is 15.8. The zero-order valence-electron chi connectivity index (χ0n) is 15.8. The van der Waals surface area contributed by atoms with Gasteiger partial charge in [0.15, 0.2) is 11.5 Å². The van der Waals surface area contributed by atoms with Crippen molar-refractivity contribution < 1.29 is 14.1 Å². The van der Waals surface area contributed by atoms with Gasteiger partial charge in [0.25, 0.3) is 5.91 Å². The fourth-order valence-electron chi connectivity index (χ4n) is 3.31. The van der Waals surface area contributed by atoms with E-state index in [-0.39, 0.29) is 5.91 Å². The van der Waals surface area contributed by atoms with Crippen LogP contribution in [0.25, 0.3) is 11.3 Å². The molecule has 0 saturated heterocycles. The number of nitrogens with one attached hydrogen (secondary N) is 1. The molecular formula is C20H27N3O3. The highest BCUT2D eigenvalue weighted by Crippen LogP contribution is 2.39. The van der Waals surface area contributed by atoms with Gasteiger partial charge in [0, 0.05) is 13.1 Å². The van der Waals surface area contributed by atoms with Gasteiger partial charge < -0.3 is 19.5 Å². The van der Waals surface area contributed by atoms with Crippen molar-refractivity contribution >= 4 is 5.91 Å². The second-order valence-electron chi connectivity index (χ2n) is 6.72. The highest BCUT2D eigenvalue weighted by molar-refractivity contribution is 5.95. The van der Waals surface area contributed by atoms with E-state index in [1.807, 2.05) is 25.1 Å². The van der Waals surface area contributed by atoms with Crippen LogP contribution in [0, 0.1) is 6.92 Å². The number of benzene rings is 1. The van der Waals surface area contributed by atoms with Gasteiger partial charge in [0.2, 0.25) is 0 Å². The van der Waals surface area contributed by atoms with Gasteiger partial charge in [-0.2, -0.15) is 0 Å². The van der Waals surface area contributed by atoms with E-state index < -0.39 is 0 Å². The van der Waals surface area contributed by atoms with Crippen LogP contribution in [0.3, 0.4) is 0 Å². The molecule has 26 heavy (non-hydrogen) atoms. The van der Waals surface area contributed by atoms with Crippen molar-refractivity contribution in [3.63, 3.8) is 0 Å². The van der Waals surface area contributed by atoms with E-state index in [1.54, 1.807) is 0 Å². The molecule has 1 N–H and O–H groups in total. The van der Waals surface area contributed by atoms with E-state index in [0.29, 0.717) is 24.6 Å². The van der Waals surface area contributed by atoms with E-state index >= 15 is 0 Å². The second kappa shape index (κ2) is 8.36. The molecule has 0 fully saturated rings. The fraction of sp³-hybridized carbons (Fsp3) is 0.500. The molecule has 2 heterocycles. The van der Waals surface area contributed by atoms with Crippen LogP contribution >= 0.6 is 0 Å². The molecule has 1 aromatic heterocycles. The second-order valence-corrected chi connectivity index (χ2v) is 6.72. The van der Waals surface area contributed by atoms with Crippen LogP contribution in [-0.2, 0) is 6.61 Å². The van der Waals surface area contributed by atoms with Gasteiger partial charge in [0.1, 0.15) is 12.4 Å². The number of carbonyl (C=O) groups is 1. The lowest BCUT2D eigenvalue weighted by Gasteiger charge is -2.21. The van der Waals surface area contributed by atoms with E-state index in [1.165, 1.54) is 0 Å². The van der Waals surface area contributed by atoms with Crippen LogP contribution in [0.4, 0.5) is 0 Å². The molecule has 1 aliphatic rings. The van der Waals surface area contributed by atoms with Crippen molar-refractivity contribution in [1.29, 1.82) is 0 Å². The van der Waals surface area contributed by atoms with Gasteiger partial charge in [-0.3, -0.25) is 4.79 Å². The number of hydrogen-bond acceptors (Lipinski definition) is 5. The monoisotopic (exact) mass is 357 g/mol. The Morgan fingerprint density at radius 3 is 2.73 bits per heavy atom. The predicted octanol–water partition coefficient (Wildman–Crippen LogP) is 3.39. The fourth-order valence-corrected chi connectivity index (χ4v) is 3.31. The summed E-state index contributed by atoms with van der Waals surface area (Å²) in [4.78, 5) is 14.9. The molecule has 0 radical (unpaired) electrons. The molecule has 6 heteroatoms. The number of nitrogens with zero attached hydrogens (tertiary/aromatic N) is 2. The lowest BCUT2D eigenvalue weighted by atomic mass is 10.0. The maximum atomic E-state index is 12.5. The minimum Gasteiger partial charge on any atom is -0.488 e. The van der Waals surface area contributed by atoms with Crippen LogP contribution in [0.1, 0.15) is 48.3 Å². The first-order valence-corrected chi connectivity index (χ1v) is 9.37. The molecule has 0 unspecified atom stereocenters. The first-order valence-electron chi connectivity index (χ1n) is 9.37. The van der Waals surface area contributed by atoms with Gasteiger partial charge in [-0.1, -0.05) is 30.6 Å². The lowest BCUT2D eigenvalue weighted by molar-refractivity contribution is 0.0937. The first-order chi connectivity index (χ1) is 12.6. The molecule has 0 aliphatic carbocycles. The lowest BCUT2D eigenvalue weighted by Crippen LogP contribution is -2.36. The van der Waals surface area contributed by atoms with Crippen molar-refractivity contribution in [2.45, 2.75) is 40.2 Å². The van der Waals surface area contributed by atoms with Gasteiger partial charge in [0.05, 0.1) is 11.1 Å². The van der Waals surface area contributed by atoms with Crippen LogP contribution in [0.15, 0.2) is 22.7 Å². The molecule has 2 aromatic rings. The summed E-state index contributed by atoms with van der Waals surface area (Å²) in [7, 11) is 0. The van der Waals surface area contributed by atoms with Crippen molar-refractivity contribution in [2.24, 2.45) is 0 Å². The van der Waals surface area contributed by atoms with E-state index in [9.17, 15) is 4.79 Å². The van der Waals surface area contributed by atoms with Crippen LogP contribution in [-0.4, -0.2) is 42.1 Å². The first kappa shape index (κ1) is 18.5. The van der Waals surface area contributed by atoms with Crippen molar-refractivity contribution in [2.75, 3.05) is 26.2 Å². The number of aromatic nitrogens is 1. The standard InChI is InChI=1S/C20H27N3O3/c1-4-9-23(10-5-2)11-8-21-20(24)18-16-13-25-17-7-6-14(3)12-15(17)19(16)26-22-18/h6-7,12H,4-5,8-11,13H2,1-3H3,(H,21,24). The summed E-state index contributed by atoms with van der Waals surface area (Å²) in [5.74, 6) is 1.20. The topological polar surface area (TPSA) is 67.6 Å². The minimum absolute atomic E-state index is 0.206. The Bertz CT molecular complexity index is 764. The number of ether oxygens (including phenoxy) is 1. The number of aryl methyl sites for hydroxylation is 1. The third-order valence-electron chi connectivity index (χ3n) is 4.55. The summed E-state index contributed by atoms with van der Waals surface area (Å²) in [6.07, 6.45) is 2.22. The van der Waals surface area contributed by atoms with Crippen molar-refractivity contribution in [3.8, 4) is 17.1 Å². The molecule has 140 valence electrons. The molecule has 6 nitrogen and oxygen atoms in total. The Morgan fingerprint density at radius 1 is 1.23 bits per heavy atom. The number of fused-ring (bicyclic) bond motifs is 3. The predicted molar refractivity (Wildman–Crippen MR) is 100 cm³/mol. The highest BCUT2D eigenvalue weighted by Gasteiger charge is 2.28. The average molecular weight is 357 g/mol. The van der Waals surface area contributed by atoms with Gasteiger partial charge in [-0.05, 0) is 45.0 Å². The Balaban J connectivity index is 1.67. The van der Waals surface area contributed by atoms with E-state index in [0.717, 1.165) is 54.9 Å². The van der Waals surface area contributed by atoms with Gasteiger partial charge in [-0.25, -0.2) is 0 Å². The summed E-state index contributed by atoms with van der Waals surface area (Å²) in [5.41, 5.74) is 3.01. The summed E-state index contributed by atoms with van der Waals surface area (Å²) in [6, 6.07) is 5.91. The third-order valence-corrected chi connectivity index (χ3v) is 4.55. The van der Waals surface area contributed by atoms with Crippen molar-refractivity contribution in [1.82, 2.24) is 15.4 Å². The van der Waals surface area contributed by atoms with Crippen LogP contribution in [0.5, 0.6) is 5.75 Å². The maximum absolute atomic E-state index is 12.5. The summed E-state index contributed by atoms with van der Waals surface area (Å²) < 4.78 is 11.3. The summed E-state index contributed by atoms with van der Waals surface area (Å²) in [5, 5.41) is 6.98. The molecule has 1 aromatic carbocycles. The molecule has 1 amide bonds. The summed E-state index contributed by atoms with van der Waals surface area (Å²) in [6.45, 7) is 10.2. The Labute approximate surface area is 154 Å². The van der Waals surface area contributed by atoms with Gasteiger partial charge in [-0.15, -0.1) is 0 Å². The molecule has 0 atom stereocenters. The average Bonchev–Trinajstić information content (AvgIpc) is 3.06. The number of rotatable bonds is 8. The Morgan fingerprint density at radius 2 is 2.00 bits per heavy atom. The van der Waals surface area contributed by atoms with Crippen LogP contribution in [0.2, 0.25) is 0 Å². The quantitative estimate of drug-likeness (QED) is 0.784. The molecule has 0 spiro atoms. The third kappa shape index (κ3) is 3.90. The number of carbonyl (C=O) groups excluding carboxylic acids is 1. The molecule has 1 aliphatic heterocycles. The molecular weight excluding hydrogens is 330 g/mol. The largest absolute Gasteiger partial charge is 0.488 e. The van der Waals surface area contributed by atoms with E-state index in [4.69, 9.17) is 9.26 Å². The maximum Gasteiger partial charge on any atom is 0.273 e. The van der Waals surface area contributed by atoms with Crippen molar-refractivity contribution in [3.05, 3.63) is 35.0 Å². The highest BCUT2D eigenvalue weighted by atomic mass is 16.5. The van der Waals surface area contributed by atoms with E-state index in [2.05, 4.69) is 29.2 Å². The van der Waals surface area contributed by atoms with Crippen LogP contribution < -0.4 is 10.1 Å². The zero-order chi connectivity index (χ0) is 18.5. The smallest absolute Gasteiger partial charge is 0.273 e. The Kier molecular flexibility index (Phi) is 5.93. The Hall–Kier alpha value is -2.34. The number of hydrogen-bond donors (Lipinski definition) is 1. The molecule has 0 bridgehead atoms. The van der Waals surface area contributed by atoms with Gasteiger partial charge >= 0.3 is 0 Å². The minimum atomic E-state index is -0.206. The SMILES string of the molecule is CCCN(CCC)CCNC(=O)c1noc2c1COc1ccc(C)cc1-2. The molecule has 3 rings (SSSR count).